The Hall–Kier alpha value is -4.30. The summed E-state index contributed by atoms with van der Waals surface area (Å²) in [6.45, 7) is 3.43. The Kier molecular flexibility index (Phi) is 6.00. The van der Waals surface area contributed by atoms with Crippen LogP contribution >= 0.6 is 0 Å². The Morgan fingerprint density at radius 3 is 2.63 bits per heavy atom. The lowest BCUT2D eigenvalue weighted by Gasteiger charge is -2.12. The number of nitriles is 2. The predicted octanol–water partition coefficient (Wildman–Crippen LogP) is 3.29. The van der Waals surface area contributed by atoms with E-state index in [0.717, 1.165) is 11.3 Å². The van der Waals surface area contributed by atoms with E-state index >= 15 is 0 Å². The molecule has 0 aliphatic carbocycles. The fourth-order valence-corrected chi connectivity index (χ4v) is 2.98. The van der Waals surface area contributed by atoms with E-state index in [1.807, 2.05) is 13.0 Å². The quantitative estimate of drug-likeness (QED) is 0.632. The lowest BCUT2D eigenvalue weighted by Crippen LogP contribution is -2.23. The number of carbonyl (C=O) groups excluding carboxylic acids is 2. The highest BCUT2D eigenvalue weighted by molar-refractivity contribution is 5.96. The van der Waals surface area contributed by atoms with E-state index in [2.05, 4.69) is 11.4 Å². The summed E-state index contributed by atoms with van der Waals surface area (Å²) in [5.41, 5.74) is 2.37. The van der Waals surface area contributed by atoms with Gasteiger partial charge in [-0.05, 0) is 49.7 Å². The molecule has 30 heavy (non-hydrogen) atoms. The SMILES string of the molecule is Cc1c(C#N)c(NC(=O)COC(=O)c2cccc(C#N)c2)n(Cc2ccco2)c1C. The zero-order valence-electron chi connectivity index (χ0n) is 16.4. The second kappa shape index (κ2) is 8.80. The van der Waals surface area contributed by atoms with Gasteiger partial charge in [-0.15, -0.1) is 0 Å². The highest BCUT2D eigenvalue weighted by Crippen LogP contribution is 2.27. The van der Waals surface area contributed by atoms with Crippen molar-refractivity contribution in [2.45, 2.75) is 20.4 Å². The van der Waals surface area contributed by atoms with Gasteiger partial charge in [0.1, 0.15) is 17.6 Å². The lowest BCUT2D eigenvalue weighted by atomic mass is 10.1. The van der Waals surface area contributed by atoms with Crippen LogP contribution < -0.4 is 5.32 Å². The largest absolute Gasteiger partial charge is 0.467 e. The van der Waals surface area contributed by atoms with Crippen LogP contribution in [0.1, 0.15) is 38.5 Å². The molecule has 0 spiro atoms. The molecule has 150 valence electrons. The molecule has 3 aromatic rings. The van der Waals surface area contributed by atoms with Crippen molar-refractivity contribution in [1.82, 2.24) is 4.57 Å². The molecule has 0 fully saturated rings. The fourth-order valence-electron chi connectivity index (χ4n) is 2.98. The summed E-state index contributed by atoms with van der Waals surface area (Å²) in [7, 11) is 0. The maximum absolute atomic E-state index is 12.4. The molecule has 0 atom stereocenters. The summed E-state index contributed by atoms with van der Waals surface area (Å²) in [5.74, 6) is -0.330. The summed E-state index contributed by atoms with van der Waals surface area (Å²) in [4.78, 5) is 24.6. The van der Waals surface area contributed by atoms with Crippen LogP contribution in [-0.4, -0.2) is 23.1 Å². The molecule has 0 radical (unpaired) electrons. The molecule has 0 saturated carbocycles. The van der Waals surface area contributed by atoms with Crippen LogP contribution in [0.25, 0.3) is 0 Å². The molecule has 1 N–H and O–H groups in total. The Balaban J connectivity index is 1.74. The van der Waals surface area contributed by atoms with E-state index in [9.17, 15) is 14.9 Å². The van der Waals surface area contributed by atoms with Crippen LogP contribution in [0.2, 0.25) is 0 Å². The number of nitrogens with zero attached hydrogens (tertiary/aromatic N) is 3. The number of hydrogen-bond donors (Lipinski definition) is 1. The molecule has 0 aliphatic rings. The number of hydrogen-bond acceptors (Lipinski definition) is 6. The van der Waals surface area contributed by atoms with E-state index in [1.54, 1.807) is 42.0 Å². The molecular formula is C22H18N4O4. The van der Waals surface area contributed by atoms with Crippen molar-refractivity contribution in [3.63, 3.8) is 0 Å². The molecular weight excluding hydrogens is 384 g/mol. The van der Waals surface area contributed by atoms with Crippen LogP contribution in [0, 0.1) is 36.5 Å². The second-order valence-electron chi connectivity index (χ2n) is 6.53. The number of esters is 1. The minimum absolute atomic E-state index is 0.174. The van der Waals surface area contributed by atoms with Crippen LogP contribution in [0.4, 0.5) is 5.82 Å². The van der Waals surface area contributed by atoms with Gasteiger partial charge in [-0.3, -0.25) is 4.79 Å². The van der Waals surface area contributed by atoms with Gasteiger partial charge >= 0.3 is 5.97 Å². The summed E-state index contributed by atoms with van der Waals surface area (Å²) in [5, 5.41) is 21.1. The third kappa shape index (κ3) is 4.23. The molecule has 0 bridgehead atoms. The summed E-state index contributed by atoms with van der Waals surface area (Å²) < 4.78 is 12.2. The monoisotopic (exact) mass is 402 g/mol. The third-order valence-corrected chi connectivity index (χ3v) is 4.65. The summed E-state index contributed by atoms with van der Waals surface area (Å²) >= 11 is 0. The fraction of sp³-hybridized carbons (Fsp3) is 0.182. The number of anilines is 1. The van der Waals surface area contributed by atoms with Gasteiger partial charge in [-0.25, -0.2) is 4.79 Å². The summed E-state index contributed by atoms with van der Waals surface area (Å²) in [6, 6.07) is 13.6. The smallest absolute Gasteiger partial charge is 0.338 e. The van der Waals surface area contributed by atoms with Crippen LogP contribution in [0.5, 0.6) is 0 Å². The topological polar surface area (TPSA) is 121 Å². The number of aromatic nitrogens is 1. The molecule has 0 aliphatic heterocycles. The first-order chi connectivity index (χ1) is 14.4. The number of benzene rings is 1. The van der Waals surface area contributed by atoms with Gasteiger partial charge in [-0.2, -0.15) is 10.5 Å². The first-order valence-electron chi connectivity index (χ1n) is 9.04. The minimum Gasteiger partial charge on any atom is -0.467 e. The first-order valence-corrected chi connectivity index (χ1v) is 9.04. The molecule has 3 rings (SSSR count). The Bertz CT molecular complexity index is 1180. The zero-order valence-corrected chi connectivity index (χ0v) is 16.4. The number of nitrogens with one attached hydrogen (secondary N) is 1. The van der Waals surface area contributed by atoms with E-state index in [1.165, 1.54) is 12.1 Å². The Labute approximate surface area is 172 Å². The molecule has 0 saturated heterocycles. The number of ether oxygens (including phenoxy) is 1. The van der Waals surface area contributed by atoms with Gasteiger partial charge in [0, 0.05) is 5.69 Å². The van der Waals surface area contributed by atoms with Crippen molar-refractivity contribution >= 4 is 17.7 Å². The van der Waals surface area contributed by atoms with Crippen molar-refractivity contribution < 1.29 is 18.7 Å². The molecule has 1 amide bonds. The molecule has 2 heterocycles. The third-order valence-electron chi connectivity index (χ3n) is 4.65. The summed E-state index contributed by atoms with van der Waals surface area (Å²) in [6.07, 6.45) is 1.55. The average Bonchev–Trinajstić information content (AvgIpc) is 3.35. The van der Waals surface area contributed by atoms with E-state index < -0.39 is 18.5 Å². The van der Waals surface area contributed by atoms with Crippen molar-refractivity contribution in [2.75, 3.05) is 11.9 Å². The maximum atomic E-state index is 12.4. The van der Waals surface area contributed by atoms with Gasteiger partial charge in [0.05, 0.1) is 35.6 Å². The highest BCUT2D eigenvalue weighted by Gasteiger charge is 2.21. The van der Waals surface area contributed by atoms with Crippen LogP contribution in [0.15, 0.2) is 47.1 Å². The number of carbonyl (C=O) groups is 2. The van der Waals surface area contributed by atoms with Crippen molar-refractivity contribution in [2.24, 2.45) is 0 Å². The number of amides is 1. The minimum atomic E-state index is -0.721. The number of furan rings is 1. The lowest BCUT2D eigenvalue weighted by molar-refractivity contribution is -0.119. The van der Waals surface area contributed by atoms with E-state index in [0.29, 0.717) is 29.2 Å². The van der Waals surface area contributed by atoms with Crippen molar-refractivity contribution in [3.05, 3.63) is 76.4 Å². The van der Waals surface area contributed by atoms with Crippen molar-refractivity contribution in [1.29, 1.82) is 10.5 Å². The molecule has 8 heteroatoms. The van der Waals surface area contributed by atoms with Gasteiger partial charge < -0.3 is 19.0 Å². The maximum Gasteiger partial charge on any atom is 0.338 e. The highest BCUT2D eigenvalue weighted by atomic mass is 16.5. The second-order valence-corrected chi connectivity index (χ2v) is 6.53. The molecule has 1 aromatic carbocycles. The van der Waals surface area contributed by atoms with Crippen LogP contribution in [-0.2, 0) is 16.1 Å². The van der Waals surface area contributed by atoms with Gasteiger partial charge in [0.15, 0.2) is 6.61 Å². The predicted molar refractivity (Wildman–Crippen MR) is 107 cm³/mol. The van der Waals surface area contributed by atoms with Crippen molar-refractivity contribution in [3.8, 4) is 12.1 Å². The van der Waals surface area contributed by atoms with E-state index in [-0.39, 0.29) is 5.56 Å². The molecule has 0 unspecified atom stereocenters. The zero-order chi connectivity index (χ0) is 21.7. The van der Waals surface area contributed by atoms with Gasteiger partial charge in [-0.1, -0.05) is 6.07 Å². The Morgan fingerprint density at radius 2 is 1.97 bits per heavy atom. The molecule has 2 aromatic heterocycles. The molecule has 8 nitrogen and oxygen atoms in total. The number of rotatable bonds is 6. The normalized spacial score (nSPS) is 10.1. The van der Waals surface area contributed by atoms with Gasteiger partial charge in [0.25, 0.3) is 5.91 Å². The standard InChI is InChI=1S/C22H18N4O4/c1-14-15(2)26(12-18-7-4-8-29-18)21(19(14)11-24)25-20(27)13-30-22(28)17-6-3-5-16(9-17)10-23/h3-9H,12-13H2,1-2H3,(H,25,27). The van der Waals surface area contributed by atoms with E-state index in [4.69, 9.17) is 14.4 Å². The van der Waals surface area contributed by atoms with Gasteiger partial charge in [0.2, 0.25) is 0 Å². The van der Waals surface area contributed by atoms with Crippen LogP contribution in [0.3, 0.4) is 0 Å². The Morgan fingerprint density at radius 1 is 1.17 bits per heavy atom. The first kappa shape index (κ1) is 20.4. The average molecular weight is 402 g/mol.